The van der Waals surface area contributed by atoms with Crippen molar-refractivity contribution >= 4 is 7.82 Å². The summed E-state index contributed by atoms with van der Waals surface area (Å²) in [6.45, 7) is 25.2. The molecule has 0 fully saturated rings. The fraction of sp³-hybridized carbons (Fsp3) is 0.571. The van der Waals surface area contributed by atoms with E-state index >= 15 is 4.20 Å². The summed E-state index contributed by atoms with van der Waals surface area (Å²) in [5.41, 5.74) is 2.89. The standard InChI is InChI=1S/C28H40FO4P/c1-25(2,3)17-13-19(27(7,8)9)23-21(15-17)30-34(29,32-23)31-22-16-18(26(4,5)6)14-20(24(22)33-34)28(10,11)12/h13-16H,1-12H3. The first kappa shape index (κ1) is 25.1. The second-order valence-electron chi connectivity index (χ2n) is 13.8. The van der Waals surface area contributed by atoms with Gasteiger partial charge in [0.25, 0.3) is 0 Å². The molecule has 0 unspecified atom stereocenters. The predicted molar refractivity (Wildman–Crippen MR) is 138 cm³/mol. The Morgan fingerprint density at radius 1 is 0.500 bits per heavy atom. The molecule has 0 atom stereocenters. The molecule has 0 saturated carbocycles. The van der Waals surface area contributed by atoms with E-state index in [1.165, 1.54) is 0 Å². The van der Waals surface area contributed by atoms with E-state index in [9.17, 15) is 0 Å². The third kappa shape index (κ3) is 4.15. The van der Waals surface area contributed by atoms with Gasteiger partial charge < -0.3 is 0 Å². The van der Waals surface area contributed by atoms with Gasteiger partial charge in [-0.25, -0.2) is 0 Å². The molecule has 0 saturated heterocycles. The summed E-state index contributed by atoms with van der Waals surface area (Å²) in [5.74, 6) is 1.39. The van der Waals surface area contributed by atoms with Gasteiger partial charge in [0.2, 0.25) is 0 Å². The van der Waals surface area contributed by atoms with Crippen LogP contribution in [0.25, 0.3) is 0 Å². The molecule has 0 amide bonds. The molecule has 0 aliphatic carbocycles. The minimum atomic E-state index is -5.47. The molecular weight excluding hydrogens is 450 g/mol. The van der Waals surface area contributed by atoms with Crippen LogP contribution in [0.15, 0.2) is 24.3 Å². The molecule has 4 rings (SSSR count). The van der Waals surface area contributed by atoms with Crippen molar-refractivity contribution in [3.63, 3.8) is 0 Å². The SMILES string of the molecule is CC(C)(C)c1cc2c(c(C(C)(C)C)c1)OP1(F)(O2)Oc2cc(C(C)(C)C)cc(C(C)(C)C)c2O1. The van der Waals surface area contributed by atoms with E-state index in [0.717, 1.165) is 22.3 Å². The second-order valence-corrected chi connectivity index (χ2v) is 16.0. The van der Waals surface area contributed by atoms with Gasteiger partial charge >= 0.3 is 204 Å². The molecule has 2 heterocycles. The Kier molecular flexibility index (Phi) is 5.03. The summed E-state index contributed by atoms with van der Waals surface area (Å²) in [7, 11) is -5.47. The Hall–Kier alpha value is -2.00. The Balaban J connectivity index is 1.88. The third-order valence-corrected chi connectivity index (χ3v) is 8.35. The number of hydrogen-bond donors (Lipinski definition) is 0. The number of hydrogen-bond acceptors (Lipinski definition) is 4. The first-order chi connectivity index (χ1) is 15.1. The Morgan fingerprint density at radius 2 is 0.824 bits per heavy atom. The first-order valence-corrected chi connectivity index (χ1v) is 13.8. The Morgan fingerprint density at radius 3 is 1.09 bits per heavy atom. The van der Waals surface area contributed by atoms with Crippen molar-refractivity contribution < 1.29 is 22.3 Å². The van der Waals surface area contributed by atoms with Crippen molar-refractivity contribution in [3.05, 3.63) is 46.5 Å². The molecule has 4 nitrogen and oxygen atoms in total. The van der Waals surface area contributed by atoms with Gasteiger partial charge in [0.1, 0.15) is 0 Å². The molecule has 188 valence electrons. The van der Waals surface area contributed by atoms with Gasteiger partial charge in [0, 0.05) is 0 Å². The number of benzene rings is 2. The van der Waals surface area contributed by atoms with Gasteiger partial charge in [-0.3, -0.25) is 0 Å². The average molecular weight is 491 g/mol. The summed E-state index contributed by atoms with van der Waals surface area (Å²) in [6.07, 6.45) is 0. The normalized spacial score (nSPS) is 19.7. The second kappa shape index (κ2) is 6.81. The van der Waals surface area contributed by atoms with Gasteiger partial charge in [-0.05, 0) is 0 Å². The molecule has 2 aliphatic rings. The molecule has 2 aliphatic heterocycles. The van der Waals surface area contributed by atoms with Crippen LogP contribution in [0.5, 0.6) is 23.0 Å². The van der Waals surface area contributed by atoms with Crippen LogP contribution in [0.2, 0.25) is 0 Å². The predicted octanol–water partition coefficient (Wildman–Crippen LogP) is 9.22. The molecule has 1 spiro atoms. The van der Waals surface area contributed by atoms with Crippen molar-refractivity contribution in [3.8, 4) is 23.0 Å². The van der Waals surface area contributed by atoms with Gasteiger partial charge in [-0.15, -0.1) is 0 Å². The summed E-state index contributed by atoms with van der Waals surface area (Å²) in [6, 6.07) is 7.87. The fourth-order valence-electron chi connectivity index (χ4n) is 4.23. The molecule has 0 aromatic heterocycles. The monoisotopic (exact) mass is 490 g/mol. The van der Waals surface area contributed by atoms with Crippen LogP contribution in [-0.2, 0) is 21.7 Å². The van der Waals surface area contributed by atoms with E-state index in [0.29, 0.717) is 23.0 Å². The maximum atomic E-state index is 17.0. The van der Waals surface area contributed by atoms with Crippen molar-refractivity contribution in [1.29, 1.82) is 0 Å². The van der Waals surface area contributed by atoms with E-state index in [2.05, 4.69) is 95.2 Å². The molecule has 6 heteroatoms. The first-order valence-electron chi connectivity index (χ1n) is 12.0. The number of rotatable bonds is 0. The van der Waals surface area contributed by atoms with Crippen LogP contribution in [0.3, 0.4) is 0 Å². The van der Waals surface area contributed by atoms with E-state index in [1.54, 1.807) is 0 Å². The zero-order valence-corrected chi connectivity index (χ0v) is 23.7. The summed E-state index contributed by atoms with van der Waals surface area (Å²) < 4.78 is 41.1. The molecule has 2 aromatic carbocycles. The van der Waals surface area contributed by atoms with Crippen LogP contribution in [-0.4, -0.2) is 0 Å². The molecule has 2 aromatic rings. The van der Waals surface area contributed by atoms with Crippen molar-refractivity contribution in [2.24, 2.45) is 0 Å². The van der Waals surface area contributed by atoms with E-state index < -0.39 is 7.82 Å². The quantitative estimate of drug-likeness (QED) is 0.345. The topological polar surface area (TPSA) is 36.9 Å². The van der Waals surface area contributed by atoms with E-state index in [-0.39, 0.29) is 21.7 Å². The van der Waals surface area contributed by atoms with Gasteiger partial charge in [-0.1, -0.05) is 0 Å². The maximum absolute atomic E-state index is 17.0. The van der Waals surface area contributed by atoms with Gasteiger partial charge in [-0.2, -0.15) is 0 Å². The Labute approximate surface area is 204 Å². The summed E-state index contributed by atoms with van der Waals surface area (Å²) >= 11 is 0. The number of halogens is 1. The van der Waals surface area contributed by atoms with Crippen LogP contribution in [0, 0.1) is 0 Å². The minimum absolute atomic E-state index is 0.153. The Bertz CT molecular complexity index is 1080. The number of fused-ring (bicyclic) bond motifs is 2. The summed E-state index contributed by atoms with van der Waals surface area (Å²) in [5, 5.41) is 0. The average Bonchev–Trinajstić information content (AvgIpc) is 3.07. The molecule has 0 N–H and O–H groups in total. The van der Waals surface area contributed by atoms with Crippen LogP contribution < -0.4 is 18.1 Å². The van der Waals surface area contributed by atoms with Crippen molar-refractivity contribution in [2.45, 2.75) is 105 Å². The van der Waals surface area contributed by atoms with Crippen molar-refractivity contribution in [1.82, 2.24) is 0 Å². The molecular formula is C28H40FO4P. The van der Waals surface area contributed by atoms with Crippen LogP contribution in [0.1, 0.15) is 105 Å². The molecule has 0 bridgehead atoms. The van der Waals surface area contributed by atoms with Gasteiger partial charge in [0.15, 0.2) is 0 Å². The zero-order valence-electron chi connectivity index (χ0n) is 22.8. The molecule has 0 radical (unpaired) electrons. The third-order valence-electron chi connectivity index (χ3n) is 6.42. The van der Waals surface area contributed by atoms with E-state index in [1.807, 2.05) is 12.1 Å². The van der Waals surface area contributed by atoms with Crippen LogP contribution in [0.4, 0.5) is 4.20 Å². The zero-order chi connectivity index (χ0) is 25.7. The fourth-order valence-corrected chi connectivity index (χ4v) is 6.32. The van der Waals surface area contributed by atoms with E-state index in [4.69, 9.17) is 18.1 Å². The summed E-state index contributed by atoms with van der Waals surface area (Å²) in [4.78, 5) is 0. The van der Waals surface area contributed by atoms with Crippen molar-refractivity contribution in [2.75, 3.05) is 0 Å². The van der Waals surface area contributed by atoms with Crippen LogP contribution >= 0.6 is 7.82 Å². The molecule has 34 heavy (non-hydrogen) atoms. The van der Waals surface area contributed by atoms with Gasteiger partial charge in [0.05, 0.1) is 0 Å².